The van der Waals surface area contributed by atoms with Crippen LogP contribution < -0.4 is 0 Å². The number of ether oxygens (including phenoxy) is 1. The Morgan fingerprint density at radius 1 is 1.14 bits per heavy atom. The van der Waals surface area contributed by atoms with Crippen molar-refractivity contribution in [1.82, 2.24) is 4.31 Å². The molecule has 0 bridgehead atoms. The summed E-state index contributed by atoms with van der Waals surface area (Å²) >= 11 is 0. The molecule has 1 amide bonds. The van der Waals surface area contributed by atoms with Crippen molar-refractivity contribution < 1.29 is 17.9 Å². The summed E-state index contributed by atoms with van der Waals surface area (Å²) in [5.41, 5.74) is 0.326. The maximum Gasteiger partial charge on any atom is 0.424 e. The van der Waals surface area contributed by atoms with Gasteiger partial charge in [0.2, 0.25) is 0 Å². The molecule has 0 radical (unpaired) electrons. The molecule has 2 aliphatic rings. The molecule has 6 heteroatoms. The van der Waals surface area contributed by atoms with Gasteiger partial charge >= 0.3 is 6.09 Å². The molecule has 1 aromatic rings. The van der Waals surface area contributed by atoms with E-state index in [9.17, 15) is 13.2 Å². The zero-order chi connectivity index (χ0) is 16.0. The van der Waals surface area contributed by atoms with Crippen molar-refractivity contribution in [2.75, 3.05) is 0 Å². The topological polar surface area (TPSA) is 63.7 Å². The van der Waals surface area contributed by atoms with Gasteiger partial charge in [-0.05, 0) is 51.7 Å². The first-order valence-corrected chi connectivity index (χ1v) is 9.15. The molecular weight excluding hydrogens is 302 g/mol. The van der Waals surface area contributed by atoms with Crippen LogP contribution in [0, 0.1) is 6.92 Å². The minimum absolute atomic E-state index is 0.134. The standard InChI is InChI=1S/C16H21NO4S/c1-12-6-8-14(9-7-12)22(19,20)17-13(2)16(21-15(17)18)10-4-3-5-11-16/h6-9,13H,3-5,10-11H2,1-2H3. The van der Waals surface area contributed by atoms with Crippen LogP contribution in [0.2, 0.25) is 0 Å². The van der Waals surface area contributed by atoms with Crippen molar-refractivity contribution in [2.45, 2.75) is 62.5 Å². The molecule has 120 valence electrons. The molecular formula is C16H21NO4S. The third kappa shape index (κ3) is 2.29. The van der Waals surface area contributed by atoms with E-state index in [4.69, 9.17) is 4.74 Å². The Labute approximate surface area is 131 Å². The molecule has 1 saturated carbocycles. The summed E-state index contributed by atoms with van der Waals surface area (Å²) in [6, 6.07) is 6.07. The first kappa shape index (κ1) is 15.3. The highest BCUT2D eigenvalue weighted by atomic mass is 32.2. The summed E-state index contributed by atoms with van der Waals surface area (Å²) in [5, 5.41) is 0. The van der Waals surface area contributed by atoms with Gasteiger partial charge in [-0.3, -0.25) is 0 Å². The quantitative estimate of drug-likeness (QED) is 0.838. The first-order valence-electron chi connectivity index (χ1n) is 7.71. The van der Waals surface area contributed by atoms with E-state index < -0.39 is 27.8 Å². The third-order valence-corrected chi connectivity index (χ3v) is 6.71. The fourth-order valence-electron chi connectivity index (χ4n) is 3.48. The lowest BCUT2D eigenvalue weighted by Gasteiger charge is -2.35. The predicted octanol–water partition coefficient (Wildman–Crippen LogP) is 3.23. The Balaban J connectivity index is 1.96. The van der Waals surface area contributed by atoms with Crippen LogP contribution in [0.3, 0.4) is 0 Å². The van der Waals surface area contributed by atoms with Gasteiger partial charge in [0.15, 0.2) is 0 Å². The van der Waals surface area contributed by atoms with Gasteiger partial charge in [-0.2, -0.15) is 4.31 Å². The number of sulfonamides is 1. The first-order chi connectivity index (χ1) is 10.4. The minimum atomic E-state index is -3.87. The van der Waals surface area contributed by atoms with E-state index in [0.717, 1.165) is 42.0 Å². The normalized spacial score (nSPS) is 24.5. The van der Waals surface area contributed by atoms with E-state index in [2.05, 4.69) is 0 Å². The molecule has 1 atom stereocenters. The van der Waals surface area contributed by atoms with Crippen LogP contribution >= 0.6 is 0 Å². The second kappa shape index (κ2) is 5.26. The lowest BCUT2D eigenvalue weighted by molar-refractivity contribution is 0.00705. The van der Waals surface area contributed by atoms with Gasteiger partial charge in [-0.25, -0.2) is 13.2 Å². The van der Waals surface area contributed by atoms with Crippen molar-refractivity contribution >= 4 is 16.1 Å². The average Bonchev–Trinajstić information content (AvgIpc) is 2.71. The predicted molar refractivity (Wildman–Crippen MR) is 82.0 cm³/mol. The van der Waals surface area contributed by atoms with Gasteiger partial charge in [-0.1, -0.05) is 24.1 Å². The number of carbonyl (C=O) groups excluding carboxylic acids is 1. The van der Waals surface area contributed by atoms with Crippen molar-refractivity contribution in [3.05, 3.63) is 29.8 Å². The molecule has 0 aromatic heterocycles. The maximum atomic E-state index is 12.8. The van der Waals surface area contributed by atoms with Crippen molar-refractivity contribution in [3.63, 3.8) is 0 Å². The van der Waals surface area contributed by atoms with E-state index in [0.29, 0.717) is 0 Å². The number of rotatable bonds is 2. The number of hydrogen-bond acceptors (Lipinski definition) is 4. The highest BCUT2D eigenvalue weighted by Crippen LogP contribution is 2.43. The van der Waals surface area contributed by atoms with Crippen LogP contribution in [0.25, 0.3) is 0 Å². The van der Waals surface area contributed by atoms with E-state index in [1.54, 1.807) is 19.1 Å². The van der Waals surface area contributed by atoms with Gasteiger partial charge in [0.05, 0.1) is 10.9 Å². The monoisotopic (exact) mass is 323 g/mol. The van der Waals surface area contributed by atoms with Crippen molar-refractivity contribution in [1.29, 1.82) is 0 Å². The molecule has 3 rings (SSSR count). The van der Waals surface area contributed by atoms with E-state index in [1.165, 1.54) is 12.1 Å². The molecule has 1 aromatic carbocycles. The summed E-state index contributed by atoms with van der Waals surface area (Å²) in [5.74, 6) is 0. The van der Waals surface area contributed by atoms with Gasteiger partial charge in [-0.15, -0.1) is 0 Å². The summed E-state index contributed by atoms with van der Waals surface area (Å²) in [6.07, 6.45) is 3.78. The van der Waals surface area contributed by atoms with E-state index in [-0.39, 0.29) is 4.90 Å². The van der Waals surface area contributed by atoms with Crippen LogP contribution in [0.15, 0.2) is 29.2 Å². The number of aryl methyl sites for hydroxylation is 1. The van der Waals surface area contributed by atoms with Gasteiger partial charge in [0.1, 0.15) is 5.60 Å². The lowest BCUT2D eigenvalue weighted by Crippen LogP contribution is -2.46. The smallest absolute Gasteiger partial charge is 0.424 e. The molecule has 22 heavy (non-hydrogen) atoms. The number of benzene rings is 1. The third-order valence-electron chi connectivity index (χ3n) is 4.86. The molecule has 1 spiro atoms. The second-order valence-electron chi connectivity index (χ2n) is 6.28. The molecule has 1 heterocycles. The van der Waals surface area contributed by atoms with Crippen LogP contribution in [0.1, 0.15) is 44.6 Å². The summed E-state index contributed by atoms with van der Waals surface area (Å²) in [4.78, 5) is 12.4. The van der Waals surface area contributed by atoms with Crippen molar-refractivity contribution in [2.24, 2.45) is 0 Å². The van der Waals surface area contributed by atoms with Crippen LogP contribution in [0.5, 0.6) is 0 Å². The van der Waals surface area contributed by atoms with E-state index >= 15 is 0 Å². The van der Waals surface area contributed by atoms with Crippen LogP contribution in [-0.2, 0) is 14.8 Å². The molecule has 1 aliphatic heterocycles. The Morgan fingerprint density at radius 2 is 1.73 bits per heavy atom. The Hall–Kier alpha value is -1.56. The Morgan fingerprint density at radius 3 is 2.32 bits per heavy atom. The average molecular weight is 323 g/mol. The van der Waals surface area contributed by atoms with E-state index in [1.807, 2.05) is 6.92 Å². The number of nitrogens with zero attached hydrogens (tertiary/aromatic N) is 1. The number of hydrogen-bond donors (Lipinski definition) is 0. The zero-order valence-electron chi connectivity index (χ0n) is 12.9. The van der Waals surface area contributed by atoms with Crippen molar-refractivity contribution in [3.8, 4) is 0 Å². The Kier molecular flexibility index (Phi) is 3.67. The molecule has 1 saturated heterocycles. The summed E-state index contributed by atoms with van der Waals surface area (Å²) in [6.45, 7) is 3.67. The lowest BCUT2D eigenvalue weighted by atomic mass is 9.80. The number of amides is 1. The molecule has 5 nitrogen and oxygen atoms in total. The van der Waals surface area contributed by atoms with Crippen LogP contribution in [-0.4, -0.2) is 30.5 Å². The SMILES string of the molecule is Cc1ccc(S(=O)(=O)N2C(=O)OC3(CCCCC3)C2C)cc1. The Bertz CT molecular complexity index is 675. The van der Waals surface area contributed by atoms with Crippen LogP contribution in [0.4, 0.5) is 4.79 Å². The fourth-order valence-corrected chi connectivity index (χ4v) is 5.03. The molecule has 1 unspecified atom stereocenters. The zero-order valence-corrected chi connectivity index (χ0v) is 13.7. The largest absolute Gasteiger partial charge is 0.440 e. The fraction of sp³-hybridized carbons (Fsp3) is 0.562. The number of carbonyl (C=O) groups is 1. The summed E-state index contributed by atoms with van der Waals surface area (Å²) in [7, 11) is -3.87. The maximum absolute atomic E-state index is 12.8. The molecule has 0 N–H and O–H groups in total. The van der Waals surface area contributed by atoms with Gasteiger partial charge < -0.3 is 4.74 Å². The molecule has 2 fully saturated rings. The highest BCUT2D eigenvalue weighted by molar-refractivity contribution is 7.89. The second-order valence-corrected chi connectivity index (χ2v) is 8.10. The summed E-state index contributed by atoms with van der Waals surface area (Å²) < 4.78 is 32.1. The van der Waals surface area contributed by atoms with Gasteiger partial charge in [0, 0.05) is 0 Å². The molecule has 1 aliphatic carbocycles. The minimum Gasteiger partial charge on any atom is -0.440 e. The van der Waals surface area contributed by atoms with Gasteiger partial charge in [0.25, 0.3) is 10.0 Å². The highest BCUT2D eigenvalue weighted by Gasteiger charge is 2.56.